The van der Waals surface area contributed by atoms with Crippen molar-refractivity contribution in [2.45, 2.75) is 6.61 Å². The van der Waals surface area contributed by atoms with Gasteiger partial charge < -0.3 is 15.2 Å². The Balaban J connectivity index is 2.17. The van der Waals surface area contributed by atoms with Crippen LogP contribution < -0.4 is 15.2 Å². The number of nitrogen functional groups attached to an aromatic ring is 1. The zero-order chi connectivity index (χ0) is 14.5. The van der Waals surface area contributed by atoms with Crippen LogP contribution in [0.1, 0.15) is 11.1 Å². The SMILES string of the molecule is COc1cc(C(=N)N)ccc1OCc1ccccc1F. The maximum Gasteiger partial charge on any atom is 0.161 e. The number of nitrogens with one attached hydrogen (secondary N) is 1. The van der Waals surface area contributed by atoms with Gasteiger partial charge in [0.15, 0.2) is 11.5 Å². The third-order valence-corrected chi connectivity index (χ3v) is 2.82. The Bertz CT molecular complexity index is 629. The van der Waals surface area contributed by atoms with Gasteiger partial charge in [0, 0.05) is 11.1 Å². The molecule has 0 atom stereocenters. The molecule has 5 heteroatoms. The van der Waals surface area contributed by atoms with Gasteiger partial charge in [-0.2, -0.15) is 0 Å². The van der Waals surface area contributed by atoms with Crippen molar-refractivity contribution in [3.8, 4) is 11.5 Å². The lowest BCUT2D eigenvalue weighted by atomic mass is 10.2. The van der Waals surface area contributed by atoms with Gasteiger partial charge in [0.05, 0.1) is 7.11 Å². The molecule has 0 unspecified atom stereocenters. The van der Waals surface area contributed by atoms with Crippen LogP contribution in [0.4, 0.5) is 4.39 Å². The summed E-state index contributed by atoms with van der Waals surface area (Å²) in [4.78, 5) is 0. The van der Waals surface area contributed by atoms with Gasteiger partial charge in [0.2, 0.25) is 0 Å². The van der Waals surface area contributed by atoms with E-state index in [9.17, 15) is 4.39 Å². The normalized spacial score (nSPS) is 10.1. The van der Waals surface area contributed by atoms with E-state index in [4.69, 9.17) is 20.6 Å². The van der Waals surface area contributed by atoms with Gasteiger partial charge in [0.25, 0.3) is 0 Å². The fourth-order valence-electron chi connectivity index (χ4n) is 1.73. The van der Waals surface area contributed by atoms with Gasteiger partial charge in [-0.15, -0.1) is 0 Å². The summed E-state index contributed by atoms with van der Waals surface area (Å²) in [6, 6.07) is 11.3. The third kappa shape index (κ3) is 3.06. The monoisotopic (exact) mass is 274 g/mol. The number of halogens is 1. The van der Waals surface area contributed by atoms with Crippen LogP contribution in [0.15, 0.2) is 42.5 Å². The highest BCUT2D eigenvalue weighted by atomic mass is 19.1. The van der Waals surface area contributed by atoms with E-state index in [1.54, 1.807) is 36.4 Å². The number of rotatable bonds is 5. The molecular formula is C15H15FN2O2. The van der Waals surface area contributed by atoms with Crippen LogP contribution in [0.25, 0.3) is 0 Å². The molecule has 0 spiro atoms. The average Bonchev–Trinajstić information content (AvgIpc) is 2.46. The molecule has 0 saturated heterocycles. The van der Waals surface area contributed by atoms with E-state index in [0.717, 1.165) is 0 Å². The van der Waals surface area contributed by atoms with Crippen LogP contribution in [-0.2, 0) is 6.61 Å². The molecule has 0 saturated carbocycles. The fraction of sp³-hybridized carbons (Fsp3) is 0.133. The molecule has 0 aliphatic rings. The van der Waals surface area contributed by atoms with Crippen LogP contribution in [0.3, 0.4) is 0 Å². The highest BCUT2D eigenvalue weighted by molar-refractivity contribution is 5.95. The number of hydrogen-bond donors (Lipinski definition) is 2. The number of benzene rings is 2. The van der Waals surface area contributed by atoms with Crippen LogP contribution in [0.5, 0.6) is 11.5 Å². The number of ether oxygens (including phenoxy) is 2. The van der Waals surface area contributed by atoms with E-state index in [0.29, 0.717) is 22.6 Å². The Labute approximate surface area is 116 Å². The molecule has 0 aliphatic carbocycles. The topological polar surface area (TPSA) is 68.3 Å². The maximum absolute atomic E-state index is 13.5. The largest absolute Gasteiger partial charge is 0.493 e. The van der Waals surface area contributed by atoms with Gasteiger partial charge in [-0.25, -0.2) is 4.39 Å². The summed E-state index contributed by atoms with van der Waals surface area (Å²) < 4.78 is 24.2. The number of nitrogens with two attached hydrogens (primary N) is 1. The minimum Gasteiger partial charge on any atom is -0.493 e. The molecule has 0 radical (unpaired) electrons. The summed E-state index contributed by atoms with van der Waals surface area (Å²) in [5, 5.41) is 7.37. The molecule has 0 aromatic heterocycles. The zero-order valence-corrected chi connectivity index (χ0v) is 11.0. The van der Waals surface area contributed by atoms with E-state index >= 15 is 0 Å². The van der Waals surface area contributed by atoms with Gasteiger partial charge >= 0.3 is 0 Å². The number of methoxy groups -OCH3 is 1. The van der Waals surface area contributed by atoms with Crippen molar-refractivity contribution >= 4 is 5.84 Å². The maximum atomic E-state index is 13.5. The Hall–Kier alpha value is -2.56. The van der Waals surface area contributed by atoms with Crippen molar-refractivity contribution in [1.82, 2.24) is 0 Å². The molecule has 2 rings (SSSR count). The summed E-state index contributed by atoms with van der Waals surface area (Å²) in [7, 11) is 1.50. The van der Waals surface area contributed by atoms with Gasteiger partial charge in [-0.1, -0.05) is 18.2 Å². The molecule has 0 amide bonds. The van der Waals surface area contributed by atoms with Crippen molar-refractivity contribution in [2.24, 2.45) is 5.73 Å². The first kappa shape index (κ1) is 13.9. The Morgan fingerprint density at radius 3 is 2.60 bits per heavy atom. The number of amidine groups is 1. The van der Waals surface area contributed by atoms with E-state index in [-0.39, 0.29) is 18.3 Å². The summed E-state index contributed by atoms with van der Waals surface area (Å²) >= 11 is 0. The van der Waals surface area contributed by atoms with Crippen molar-refractivity contribution in [2.75, 3.05) is 7.11 Å². The van der Waals surface area contributed by atoms with Gasteiger partial charge in [0.1, 0.15) is 18.3 Å². The zero-order valence-electron chi connectivity index (χ0n) is 11.0. The van der Waals surface area contributed by atoms with E-state index < -0.39 is 0 Å². The lowest BCUT2D eigenvalue weighted by molar-refractivity contribution is 0.279. The summed E-state index contributed by atoms with van der Waals surface area (Å²) in [5.41, 5.74) is 6.41. The molecule has 0 heterocycles. The predicted molar refractivity (Wildman–Crippen MR) is 74.7 cm³/mol. The third-order valence-electron chi connectivity index (χ3n) is 2.82. The van der Waals surface area contributed by atoms with Crippen LogP contribution in [-0.4, -0.2) is 12.9 Å². The van der Waals surface area contributed by atoms with Gasteiger partial charge in [-0.3, -0.25) is 5.41 Å². The summed E-state index contributed by atoms with van der Waals surface area (Å²) in [6.07, 6.45) is 0. The van der Waals surface area contributed by atoms with Crippen molar-refractivity contribution < 1.29 is 13.9 Å². The standard InChI is InChI=1S/C15H15FN2O2/c1-19-14-8-10(15(17)18)6-7-13(14)20-9-11-4-2-3-5-12(11)16/h2-8H,9H2,1H3,(H3,17,18). The second-order valence-corrected chi connectivity index (χ2v) is 4.16. The molecule has 104 valence electrons. The summed E-state index contributed by atoms with van der Waals surface area (Å²) in [5.74, 6) is 0.561. The molecule has 20 heavy (non-hydrogen) atoms. The first-order chi connectivity index (χ1) is 9.61. The fourth-order valence-corrected chi connectivity index (χ4v) is 1.73. The van der Waals surface area contributed by atoms with E-state index in [1.165, 1.54) is 13.2 Å². The molecular weight excluding hydrogens is 259 g/mol. The van der Waals surface area contributed by atoms with Crippen molar-refractivity contribution in [1.29, 1.82) is 5.41 Å². The second kappa shape index (κ2) is 6.06. The van der Waals surface area contributed by atoms with Crippen molar-refractivity contribution in [3.05, 3.63) is 59.4 Å². The van der Waals surface area contributed by atoms with Crippen LogP contribution in [0, 0.1) is 11.2 Å². The van der Waals surface area contributed by atoms with Crippen molar-refractivity contribution in [3.63, 3.8) is 0 Å². The first-order valence-corrected chi connectivity index (χ1v) is 6.00. The second-order valence-electron chi connectivity index (χ2n) is 4.16. The quantitative estimate of drug-likeness (QED) is 0.650. The Morgan fingerprint density at radius 1 is 1.20 bits per heavy atom. The summed E-state index contributed by atoms with van der Waals surface area (Å²) in [6.45, 7) is 0.0997. The Kier molecular flexibility index (Phi) is 4.20. The smallest absolute Gasteiger partial charge is 0.161 e. The van der Waals surface area contributed by atoms with Gasteiger partial charge in [-0.05, 0) is 24.3 Å². The average molecular weight is 274 g/mol. The van der Waals surface area contributed by atoms with E-state index in [1.807, 2.05) is 0 Å². The minimum absolute atomic E-state index is 0.0519. The lowest BCUT2D eigenvalue weighted by Crippen LogP contribution is -2.11. The molecule has 4 nitrogen and oxygen atoms in total. The highest BCUT2D eigenvalue weighted by Crippen LogP contribution is 2.28. The number of hydrogen-bond acceptors (Lipinski definition) is 3. The molecule has 0 fully saturated rings. The molecule has 0 bridgehead atoms. The van der Waals surface area contributed by atoms with Crippen LogP contribution in [0.2, 0.25) is 0 Å². The Morgan fingerprint density at radius 2 is 1.95 bits per heavy atom. The lowest BCUT2D eigenvalue weighted by Gasteiger charge is -2.12. The molecule has 2 aromatic carbocycles. The first-order valence-electron chi connectivity index (χ1n) is 6.00. The molecule has 0 aliphatic heterocycles. The van der Waals surface area contributed by atoms with E-state index in [2.05, 4.69) is 0 Å². The van der Waals surface area contributed by atoms with Crippen LogP contribution >= 0.6 is 0 Å². The molecule has 3 N–H and O–H groups in total. The molecule has 2 aromatic rings. The minimum atomic E-state index is -0.313. The predicted octanol–water partition coefficient (Wildman–Crippen LogP) is 2.70. The highest BCUT2D eigenvalue weighted by Gasteiger charge is 2.09.